The van der Waals surface area contributed by atoms with Crippen LogP contribution in [-0.4, -0.2) is 63.8 Å². The van der Waals surface area contributed by atoms with Crippen LogP contribution in [0.1, 0.15) is 29.2 Å². The number of anilines is 2. The highest BCUT2D eigenvalue weighted by molar-refractivity contribution is 6.04. The first-order chi connectivity index (χ1) is 18.0. The van der Waals surface area contributed by atoms with Crippen molar-refractivity contribution in [2.24, 2.45) is 5.92 Å². The maximum Gasteiger partial charge on any atom is 0.416 e. The number of pyridine rings is 1. The number of alkyl halides is 3. The smallest absolute Gasteiger partial charge is 0.382 e. The highest BCUT2D eigenvalue weighted by Crippen LogP contribution is 2.33. The number of carbonyl (C=O) groups is 2. The van der Waals surface area contributed by atoms with E-state index in [4.69, 9.17) is 5.11 Å². The fraction of sp³-hybridized carbons (Fsp3) is 0.360. The highest BCUT2D eigenvalue weighted by Gasteiger charge is 2.38. The van der Waals surface area contributed by atoms with Gasteiger partial charge in [-0.1, -0.05) is 6.07 Å². The maximum atomic E-state index is 14.9. The first-order valence-corrected chi connectivity index (χ1v) is 11.9. The van der Waals surface area contributed by atoms with Crippen molar-refractivity contribution >= 4 is 23.2 Å². The van der Waals surface area contributed by atoms with Crippen LogP contribution in [0.4, 0.5) is 28.9 Å². The number of nitrogens with one attached hydrogen (secondary N) is 3. The Kier molecular flexibility index (Phi) is 7.95. The predicted octanol–water partition coefficient (Wildman–Crippen LogP) is 3.43. The fourth-order valence-electron chi connectivity index (χ4n) is 4.23. The molecule has 0 radical (unpaired) electrons. The molecule has 3 heterocycles. The second kappa shape index (κ2) is 11.2. The van der Waals surface area contributed by atoms with Gasteiger partial charge in [0.15, 0.2) is 11.9 Å². The van der Waals surface area contributed by atoms with Gasteiger partial charge < -0.3 is 25.6 Å². The summed E-state index contributed by atoms with van der Waals surface area (Å²) in [7, 11) is 0. The van der Waals surface area contributed by atoms with Gasteiger partial charge in [0.05, 0.1) is 23.6 Å². The number of hydrogen-bond donors (Lipinski definition) is 4. The molecule has 3 aromatic rings. The van der Waals surface area contributed by atoms with Gasteiger partial charge >= 0.3 is 6.18 Å². The van der Waals surface area contributed by atoms with Gasteiger partial charge in [-0.2, -0.15) is 13.2 Å². The van der Waals surface area contributed by atoms with Crippen LogP contribution in [-0.2, 0) is 4.79 Å². The summed E-state index contributed by atoms with van der Waals surface area (Å²) < 4.78 is 52.3. The first-order valence-electron chi connectivity index (χ1n) is 11.9. The first kappa shape index (κ1) is 27.0. The Labute approximate surface area is 215 Å². The van der Waals surface area contributed by atoms with E-state index in [9.17, 15) is 27.2 Å². The Bertz CT molecular complexity index is 1300. The number of hydrogen-bond acceptors (Lipinski definition) is 6. The number of para-hydroxylation sites is 1. The summed E-state index contributed by atoms with van der Waals surface area (Å²) in [4.78, 5) is 38.1. The van der Waals surface area contributed by atoms with Crippen molar-refractivity contribution in [3.8, 4) is 11.3 Å². The van der Waals surface area contributed by atoms with Crippen LogP contribution in [0.3, 0.4) is 0 Å². The molecule has 0 aliphatic carbocycles. The van der Waals surface area contributed by atoms with E-state index in [1.165, 1.54) is 12.1 Å². The minimum Gasteiger partial charge on any atom is -0.382 e. The van der Waals surface area contributed by atoms with Gasteiger partial charge in [-0.05, 0) is 44.0 Å². The summed E-state index contributed by atoms with van der Waals surface area (Å²) in [6, 6.07) is 7.83. The van der Waals surface area contributed by atoms with E-state index in [2.05, 4.69) is 25.6 Å². The number of aromatic amines is 1. The number of benzene rings is 1. The third kappa shape index (κ3) is 6.28. The molecule has 0 bridgehead atoms. The monoisotopic (exact) mass is 534 g/mol. The predicted molar refractivity (Wildman–Crippen MR) is 131 cm³/mol. The third-order valence-electron chi connectivity index (χ3n) is 6.25. The molecule has 1 unspecified atom stereocenters. The van der Waals surface area contributed by atoms with E-state index in [-0.39, 0.29) is 43.1 Å². The van der Waals surface area contributed by atoms with Crippen LogP contribution >= 0.6 is 0 Å². The molecule has 0 spiro atoms. The van der Waals surface area contributed by atoms with E-state index in [1.54, 1.807) is 29.4 Å². The summed E-state index contributed by atoms with van der Waals surface area (Å²) in [6.07, 6.45) is -3.74. The summed E-state index contributed by atoms with van der Waals surface area (Å²) in [5, 5.41) is 13.9. The number of aryl methyl sites for hydroxylation is 1. The molecule has 1 aliphatic rings. The van der Waals surface area contributed by atoms with Crippen LogP contribution < -0.4 is 15.5 Å². The number of piperidine rings is 1. The molecule has 1 saturated heterocycles. The van der Waals surface area contributed by atoms with Gasteiger partial charge in [0.25, 0.3) is 5.91 Å². The molecule has 2 aromatic heterocycles. The molecule has 1 aliphatic heterocycles. The summed E-state index contributed by atoms with van der Waals surface area (Å²) >= 11 is 0. The second-order valence-electron chi connectivity index (χ2n) is 8.97. The molecule has 202 valence electrons. The number of imidazole rings is 1. The number of carbonyl (C=O) groups excluding carboxylic acids is 2. The summed E-state index contributed by atoms with van der Waals surface area (Å²) in [5.74, 6) is -2.32. The standard InChI is InChI=1S/C25H26F4N6O3/c1-14-11-16(5-8-30-14)19-12-31-22(33-19)24(38)34-18-4-2-3-17(26)21(18)35-9-6-15(7-10-35)23(37)32-13-20(36)25(27,28)29/h2-5,8,11-12,15,20,36H,6-7,9-10,13H2,1H3,(H,31,33)(H,32,37)(H,34,38). The van der Waals surface area contributed by atoms with Crippen molar-refractivity contribution < 1.29 is 32.3 Å². The second-order valence-corrected chi connectivity index (χ2v) is 8.97. The van der Waals surface area contributed by atoms with Crippen molar-refractivity contribution in [2.45, 2.75) is 32.0 Å². The van der Waals surface area contributed by atoms with E-state index in [0.717, 1.165) is 11.3 Å². The third-order valence-corrected chi connectivity index (χ3v) is 6.25. The van der Waals surface area contributed by atoms with Crippen LogP contribution in [0.2, 0.25) is 0 Å². The molecule has 4 N–H and O–H groups in total. The zero-order valence-electron chi connectivity index (χ0n) is 20.3. The number of halogens is 4. The number of nitrogens with zero attached hydrogens (tertiary/aromatic N) is 3. The van der Waals surface area contributed by atoms with Crippen molar-refractivity contribution in [3.63, 3.8) is 0 Å². The Balaban J connectivity index is 1.40. The quantitative estimate of drug-likeness (QED) is 0.345. The van der Waals surface area contributed by atoms with Crippen molar-refractivity contribution in [3.05, 3.63) is 60.1 Å². The van der Waals surface area contributed by atoms with Crippen LogP contribution in [0.15, 0.2) is 42.7 Å². The molecule has 1 fully saturated rings. The van der Waals surface area contributed by atoms with Gasteiger partial charge in [0.1, 0.15) is 5.82 Å². The van der Waals surface area contributed by atoms with E-state index in [1.807, 2.05) is 13.0 Å². The zero-order valence-corrected chi connectivity index (χ0v) is 20.3. The number of aliphatic hydroxyl groups excluding tert-OH is 1. The van der Waals surface area contributed by atoms with Crippen LogP contribution in [0.25, 0.3) is 11.3 Å². The molecule has 1 atom stereocenters. The molecule has 38 heavy (non-hydrogen) atoms. The Hall–Kier alpha value is -4.00. The minimum absolute atomic E-state index is 0.0288. The number of amides is 2. The topological polar surface area (TPSA) is 123 Å². The Morgan fingerprint density at radius 2 is 1.97 bits per heavy atom. The SMILES string of the molecule is Cc1cc(-c2c[nH]c(C(=O)Nc3cccc(F)c3N3CCC(C(=O)NCC(O)C(F)(F)F)CC3)n2)ccn1. The van der Waals surface area contributed by atoms with E-state index < -0.39 is 42.4 Å². The van der Waals surface area contributed by atoms with Crippen LogP contribution in [0.5, 0.6) is 0 Å². The Morgan fingerprint density at radius 3 is 2.66 bits per heavy atom. The van der Waals surface area contributed by atoms with Crippen molar-refractivity contribution in [2.75, 3.05) is 29.9 Å². The molecule has 0 saturated carbocycles. The average Bonchev–Trinajstić information content (AvgIpc) is 3.37. The van der Waals surface area contributed by atoms with E-state index >= 15 is 0 Å². The lowest BCUT2D eigenvalue weighted by molar-refractivity contribution is -0.202. The normalized spacial score (nSPS) is 15.3. The van der Waals surface area contributed by atoms with Gasteiger partial charge in [0.2, 0.25) is 5.91 Å². The zero-order chi connectivity index (χ0) is 27.4. The summed E-state index contributed by atoms with van der Waals surface area (Å²) in [6.45, 7) is 1.37. The maximum absolute atomic E-state index is 14.9. The van der Waals surface area contributed by atoms with Gasteiger partial charge in [-0.3, -0.25) is 14.6 Å². The highest BCUT2D eigenvalue weighted by atomic mass is 19.4. The average molecular weight is 535 g/mol. The lowest BCUT2D eigenvalue weighted by Gasteiger charge is -2.34. The molecular weight excluding hydrogens is 508 g/mol. The molecular formula is C25H26F4N6O3. The Morgan fingerprint density at radius 1 is 1.24 bits per heavy atom. The number of H-pyrrole nitrogens is 1. The van der Waals surface area contributed by atoms with Gasteiger partial charge in [0, 0.05) is 42.7 Å². The number of aromatic nitrogens is 3. The molecule has 13 heteroatoms. The lowest BCUT2D eigenvalue weighted by Crippen LogP contribution is -2.45. The van der Waals surface area contributed by atoms with Gasteiger partial charge in [-0.25, -0.2) is 9.37 Å². The molecule has 2 amide bonds. The minimum atomic E-state index is -4.82. The molecule has 4 rings (SSSR count). The largest absolute Gasteiger partial charge is 0.416 e. The fourth-order valence-corrected chi connectivity index (χ4v) is 4.23. The number of aliphatic hydroxyl groups is 1. The molecule has 1 aromatic carbocycles. The van der Waals surface area contributed by atoms with E-state index in [0.29, 0.717) is 5.69 Å². The molecule has 9 nitrogen and oxygen atoms in total. The van der Waals surface area contributed by atoms with Gasteiger partial charge in [-0.15, -0.1) is 0 Å². The van der Waals surface area contributed by atoms with Crippen molar-refractivity contribution in [1.29, 1.82) is 0 Å². The van der Waals surface area contributed by atoms with Crippen LogP contribution in [0, 0.1) is 18.7 Å². The summed E-state index contributed by atoms with van der Waals surface area (Å²) in [5.41, 5.74) is 2.47. The van der Waals surface area contributed by atoms with Crippen molar-refractivity contribution in [1.82, 2.24) is 20.3 Å². The number of rotatable bonds is 7. The lowest BCUT2D eigenvalue weighted by atomic mass is 9.95.